The Morgan fingerprint density at radius 1 is 1.32 bits per heavy atom. The van der Waals surface area contributed by atoms with Crippen LogP contribution in [-0.4, -0.2) is 47.8 Å². The molecule has 0 amide bonds. The van der Waals surface area contributed by atoms with E-state index in [4.69, 9.17) is 9.84 Å². The van der Waals surface area contributed by atoms with Gasteiger partial charge in [0.2, 0.25) is 0 Å². The van der Waals surface area contributed by atoms with Gasteiger partial charge in [-0.3, -0.25) is 9.59 Å². The predicted molar refractivity (Wildman–Crippen MR) is 84.6 cm³/mol. The van der Waals surface area contributed by atoms with Crippen molar-refractivity contribution in [2.45, 2.75) is 6.42 Å². The van der Waals surface area contributed by atoms with Crippen LogP contribution >= 0.6 is 0 Å². The lowest BCUT2D eigenvalue weighted by atomic mass is 10.1. The molecule has 1 aromatic heterocycles. The Kier molecular flexibility index (Phi) is 4.82. The lowest BCUT2D eigenvalue weighted by Gasteiger charge is -2.13. The largest absolute Gasteiger partial charge is 0.492 e. The average Bonchev–Trinajstić information content (AvgIpc) is 2.43. The number of benzene rings is 1. The normalized spacial score (nSPS) is 11.1. The van der Waals surface area contributed by atoms with Crippen molar-refractivity contribution in [1.82, 2.24) is 9.47 Å². The van der Waals surface area contributed by atoms with Gasteiger partial charge in [0.05, 0.1) is 11.9 Å². The molecule has 0 aliphatic carbocycles. The molecule has 118 valence electrons. The number of fused-ring (bicyclic) bond motifs is 1. The second kappa shape index (κ2) is 6.62. The van der Waals surface area contributed by atoms with Gasteiger partial charge in [0.15, 0.2) is 5.43 Å². The van der Waals surface area contributed by atoms with Crippen LogP contribution in [0.4, 0.5) is 0 Å². The van der Waals surface area contributed by atoms with Gasteiger partial charge in [0, 0.05) is 30.7 Å². The number of carboxylic acids is 1. The summed E-state index contributed by atoms with van der Waals surface area (Å²) in [4.78, 5) is 25.1. The first kappa shape index (κ1) is 16.0. The number of aryl methyl sites for hydroxylation is 1. The lowest BCUT2D eigenvalue weighted by Crippen LogP contribution is -2.19. The zero-order valence-electron chi connectivity index (χ0n) is 13.0. The van der Waals surface area contributed by atoms with Gasteiger partial charge in [-0.25, -0.2) is 0 Å². The molecule has 22 heavy (non-hydrogen) atoms. The Bertz CT molecular complexity index is 750. The first-order chi connectivity index (χ1) is 10.4. The van der Waals surface area contributed by atoms with Gasteiger partial charge in [-0.1, -0.05) is 0 Å². The second-order valence-corrected chi connectivity index (χ2v) is 5.46. The Morgan fingerprint density at radius 2 is 2.05 bits per heavy atom. The van der Waals surface area contributed by atoms with Crippen LogP contribution in [0, 0.1) is 0 Å². The number of hydrogen-bond acceptors (Lipinski definition) is 4. The highest BCUT2D eigenvalue weighted by molar-refractivity contribution is 5.81. The van der Waals surface area contributed by atoms with Crippen LogP contribution < -0.4 is 10.2 Å². The van der Waals surface area contributed by atoms with Crippen LogP contribution in [0.5, 0.6) is 5.75 Å². The van der Waals surface area contributed by atoms with Crippen molar-refractivity contribution in [3.05, 3.63) is 40.2 Å². The van der Waals surface area contributed by atoms with Crippen molar-refractivity contribution >= 4 is 16.9 Å². The summed E-state index contributed by atoms with van der Waals surface area (Å²) in [6.07, 6.45) is -0.178. The number of pyridine rings is 1. The zero-order valence-corrected chi connectivity index (χ0v) is 13.0. The fraction of sp³-hybridized carbons (Fsp3) is 0.375. The first-order valence-electron chi connectivity index (χ1n) is 7.00. The number of nitrogens with zero attached hydrogens (tertiary/aromatic N) is 2. The maximum atomic E-state index is 12.2. The lowest BCUT2D eigenvalue weighted by molar-refractivity contribution is -0.136. The summed E-state index contributed by atoms with van der Waals surface area (Å²) in [5, 5.41) is 9.43. The number of carbonyl (C=O) groups is 1. The molecule has 0 fully saturated rings. The minimum absolute atomic E-state index is 0.178. The summed E-state index contributed by atoms with van der Waals surface area (Å²) in [7, 11) is 5.68. The Morgan fingerprint density at radius 3 is 2.68 bits per heavy atom. The molecule has 0 aliphatic rings. The summed E-state index contributed by atoms with van der Waals surface area (Å²) < 4.78 is 7.36. The van der Waals surface area contributed by atoms with E-state index < -0.39 is 5.97 Å². The number of aliphatic carboxylic acids is 1. The Hall–Kier alpha value is -2.34. The maximum absolute atomic E-state index is 12.2. The van der Waals surface area contributed by atoms with Gasteiger partial charge in [-0.15, -0.1) is 0 Å². The third-order valence-corrected chi connectivity index (χ3v) is 3.46. The SMILES string of the molecule is CN(C)CCOc1ccc2c(c1)c(=O)cc(CC(=O)O)n2C. The topological polar surface area (TPSA) is 71.8 Å². The summed E-state index contributed by atoms with van der Waals surface area (Å²) >= 11 is 0. The highest BCUT2D eigenvalue weighted by Crippen LogP contribution is 2.19. The minimum atomic E-state index is -0.960. The molecule has 0 bridgehead atoms. The number of hydrogen-bond donors (Lipinski definition) is 1. The van der Waals surface area contributed by atoms with E-state index in [0.717, 1.165) is 6.54 Å². The predicted octanol–water partition coefficient (Wildman–Crippen LogP) is 1.11. The zero-order chi connectivity index (χ0) is 16.3. The highest BCUT2D eigenvalue weighted by Gasteiger charge is 2.10. The van der Waals surface area contributed by atoms with E-state index in [1.165, 1.54) is 6.07 Å². The summed E-state index contributed by atoms with van der Waals surface area (Å²) in [5.41, 5.74) is 0.984. The first-order valence-corrected chi connectivity index (χ1v) is 7.00. The minimum Gasteiger partial charge on any atom is -0.492 e. The van der Waals surface area contributed by atoms with E-state index in [9.17, 15) is 9.59 Å². The monoisotopic (exact) mass is 304 g/mol. The van der Waals surface area contributed by atoms with Gasteiger partial charge < -0.3 is 19.3 Å². The molecular weight excluding hydrogens is 284 g/mol. The molecule has 0 spiro atoms. The standard InChI is InChI=1S/C16H20N2O4/c1-17(2)6-7-22-12-4-5-14-13(10-12)15(19)8-11(18(14)3)9-16(20)21/h4-5,8,10H,6-7,9H2,1-3H3,(H,20,21). The van der Waals surface area contributed by atoms with Crippen LogP contribution in [-0.2, 0) is 18.3 Å². The summed E-state index contributed by atoms with van der Waals surface area (Å²) in [6, 6.07) is 6.66. The molecule has 6 heteroatoms. The Labute approximate surface area is 128 Å². The molecule has 2 aromatic rings. The van der Waals surface area contributed by atoms with E-state index in [0.29, 0.717) is 29.0 Å². The van der Waals surface area contributed by atoms with Crippen molar-refractivity contribution in [3.8, 4) is 5.75 Å². The van der Waals surface area contributed by atoms with Gasteiger partial charge in [0.25, 0.3) is 0 Å². The van der Waals surface area contributed by atoms with Crippen LogP contribution in [0.15, 0.2) is 29.1 Å². The van der Waals surface area contributed by atoms with Gasteiger partial charge in [0.1, 0.15) is 12.4 Å². The van der Waals surface area contributed by atoms with E-state index in [-0.39, 0.29) is 11.8 Å². The average molecular weight is 304 g/mol. The van der Waals surface area contributed by atoms with Crippen LogP contribution in [0.3, 0.4) is 0 Å². The maximum Gasteiger partial charge on any atom is 0.309 e. The van der Waals surface area contributed by atoms with E-state index >= 15 is 0 Å². The molecule has 0 radical (unpaired) electrons. The van der Waals surface area contributed by atoms with Gasteiger partial charge >= 0.3 is 5.97 Å². The Balaban J connectivity index is 2.36. The summed E-state index contributed by atoms with van der Waals surface area (Å²) in [6.45, 7) is 1.32. The van der Waals surface area contributed by atoms with E-state index in [2.05, 4.69) is 0 Å². The second-order valence-electron chi connectivity index (χ2n) is 5.46. The molecule has 1 heterocycles. The molecule has 0 aliphatic heterocycles. The van der Waals surface area contributed by atoms with Gasteiger partial charge in [-0.05, 0) is 32.3 Å². The molecule has 1 aromatic carbocycles. The van der Waals surface area contributed by atoms with Crippen LogP contribution in [0.25, 0.3) is 10.9 Å². The number of ether oxygens (including phenoxy) is 1. The number of aromatic nitrogens is 1. The molecule has 0 saturated heterocycles. The number of carboxylic acid groups (broad SMARTS) is 1. The van der Waals surface area contributed by atoms with Crippen molar-refractivity contribution in [1.29, 1.82) is 0 Å². The molecule has 0 unspecified atom stereocenters. The van der Waals surface area contributed by atoms with Crippen LogP contribution in [0.2, 0.25) is 0 Å². The van der Waals surface area contributed by atoms with Gasteiger partial charge in [-0.2, -0.15) is 0 Å². The quantitative estimate of drug-likeness (QED) is 0.865. The molecule has 1 N–H and O–H groups in total. The summed E-state index contributed by atoms with van der Waals surface area (Å²) in [5.74, 6) is -0.324. The third kappa shape index (κ3) is 3.65. The van der Waals surface area contributed by atoms with Crippen LogP contribution in [0.1, 0.15) is 5.69 Å². The third-order valence-electron chi connectivity index (χ3n) is 3.46. The molecule has 0 atom stereocenters. The number of likely N-dealkylation sites (N-methyl/N-ethyl adjacent to an activating group) is 1. The van der Waals surface area contributed by atoms with Crippen molar-refractivity contribution in [2.24, 2.45) is 7.05 Å². The molecule has 2 rings (SSSR count). The highest BCUT2D eigenvalue weighted by atomic mass is 16.5. The molecule has 0 saturated carbocycles. The van der Waals surface area contributed by atoms with Crippen molar-refractivity contribution in [2.75, 3.05) is 27.2 Å². The van der Waals surface area contributed by atoms with E-state index in [1.54, 1.807) is 29.8 Å². The fourth-order valence-corrected chi connectivity index (χ4v) is 2.25. The fourth-order valence-electron chi connectivity index (χ4n) is 2.25. The van der Waals surface area contributed by atoms with E-state index in [1.807, 2.05) is 19.0 Å². The molecule has 6 nitrogen and oxygen atoms in total. The van der Waals surface area contributed by atoms with Crippen molar-refractivity contribution in [3.63, 3.8) is 0 Å². The smallest absolute Gasteiger partial charge is 0.309 e. The van der Waals surface area contributed by atoms with Crippen molar-refractivity contribution < 1.29 is 14.6 Å². The molecular formula is C16H20N2O4. The number of rotatable bonds is 6.